The normalized spacial score (nSPS) is 10.3. The van der Waals surface area contributed by atoms with E-state index >= 15 is 0 Å². The summed E-state index contributed by atoms with van der Waals surface area (Å²) < 4.78 is 0. The van der Waals surface area contributed by atoms with Gasteiger partial charge in [-0.2, -0.15) is 0 Å². The first-order chi connectivity index (χ1) is 8.06. The Morgan fingerprint density at radius 1 is 1.29 bits per heavy atom. The zero-order valence-electron chi connectivity index (χ0n) is 10.9. The van der Waals surface area contributed by atoms with Crippen LogP contribution in [0, 0.1) is 0 Å². The Bertz CT molecular complexity index is 386. The predicted octanol–water partition coefficient (Wildman–Crippen LogP) is 3.18. The Morgan fingerprint density at radius 2 is 2.00 bits per heavy atom. The van der Waals surface area contributed by atoms with E-state index in [0.717, 1.165) is 18.5 Å². The largest absolute Gasteiger partial charge is 0.478 e. The van der Waals surface area contributed by atoms with Crippen molar-refractivity contribution in [2.45, 2.75) is 32.6 Å². The van der Waals surface area contributed by atoms with Gasteiger partial charge in [-0.25, -0.2) is 4.79 Å². The number of nitrogens with zero attached hydrogens (tertiary/aromatic N) is 1. The van der Waals surface area contributed by atoms with Crippen molar-refractivity contribution >= 4 is 11.7 Å². The fraction of sp³-hybridized carbons (Fsp3) is 0.500. The minimum absolute atomic E-state index is 0.370. The van der Waals surface area contributed by atoms with E-state index < -0.39 is 5.97 Å². The van der Waals surface area contributed by atoms with Crippen molar-refractivity contribution in [1.29, 1.82) is 0 Å². The molecule has 1 aromatic rings. The molecule has 0 aliphatic rings. The van der Waals surface area contributed by atoms with Crippen molar-refractivity contribution in [3.05, 3.63) is 29.3 Å². The van der Waals surface area contributed by atoms with Crippen LogP contribution in [0.15, 0.2) is 18.2 Å². The van der Waals surface area contributed by atoms with E-state index in [2.05, 4.69) is 6.92 Å². The quantitative estimate of drug-likeness (QED) is 0.770. The molecule has 0 bridgehead atoms. The van der Waals surface area contributed by atoms with Crippen molar-refractivity contribution in [2.24, 2.45) is 0 Å². The monoisotopic (exact) mass is 235 g/mol. The van der Waals surface area contributed by atoms with Crippen molar-refractivity contribution in [3.63, 3.8) is 0 Å². The molecule has 94 valence electrons. The lowest BCUT2D eigenvalue weighted by molar-refractivity contribution is 0.0697. The van der Waals surface area contributed by atoms with E-state index in [4.69, 9.17) is 5.11 Å². The number of hydrogen-bond donors (Lipinski definition) is 1. The molecule has 0 radical (unpaired) electrons. The number of aromatic carboxylic acids is 1. The average Bonchev–Trinajstić information content (AvgIpc) is 2.29. The van der Waals surface area contributed by atoms with Crippen molar-refractivity contribution in [2.75, 3.05) is 19.0 Å². The fourth-order valence-electron chi connectivity index (χ4n) is 1.86. The molecule has 0 amide bonds. The van der Waals surface area contributed by atoms with Crippen LogP contribution >= 0.6 is 0 Å². The van der Waals surface area contributed by atoms with Crippen molar-refractivity contribution in [3.8, 4) is 0 Å². The second-order valence-electron chi connectivity index (χ2n) is 4.51. The van der Waals surface area contributed by atoms with Gasteiger partial charge in [-0.15, -0.1) is 0 Å². The molecule has 0 aliphatic heterocycles. The zero-order valence-corrected chi connectivity index (χ0v) is 10.9. The topological polar surface area (TPSA) is 40.5 Å². The number of carboxylic acids is 1. The lowest BCUT2D eigenvalue weighted by Gasteiger charge is -2.16. The highest BCUT2D eigenvalue weighted by Crippen LogP contribution is 2.21. The first kappa shape index (κ1) is 13.6. The smallest absolute Gasteiger partial charge is 0.337 e. The molecule has 0 atom stereocenters. The maximum Gasteiger partial charge on any atom is 0.337 e. The lowest BCUT2D eigenvalue weighted by Crippen LogP contribution is -2.14. The average molecular weight is 235 g/mol. The van der Waals surface area contributed by atoms with Crippen LogP contribution in [0.25, 0.3) is 0 Å². The van der Waals surface area contributed by atoms with Gasteiger partial charge in [0, 0.05) is 14.1 Å². The summed E-state index contributed by atoms with van der Waals surface area (Å²) in [6.07, 6.45) is 4.61. The van der Waals surface area contributed by atoms with Gasteiger partial charge in [0.05, 0.1) is 11.3 Å². The molecule has 0 fully saturated rings. The van der Waals surface area contributed by atoms with Gasteiger partial charge in [-0.05, 0) is 30.5 Å². The number of carboxylic acid groups (broad SMARTS) is 1. The van der Waals surface area contributed by atoms with E-state index in [0.29, 0.717) is 5.56 Å². The molecule has 0 aliphatic carbocycles. The minimum atomic E-state index is -0.867. The molecule has 0 unspecified atom stereocenters. The third kappa shape index (κ3) is 3.77. The molecule has 0 saturated carbocycles. The van der Waals surface area contributed by atoms with E-state index in [9.17, 15) is 4.79 Å². The molecule has 17 heavy (non-hydrogen) atoms. The Kier molecular flexibility index (Phi) is 5.01. The van der Waals surface area contributed by atoms with Gasteiger partial charge in [-0.1, -0.05) is 25.8 Å². The summed E-state index contributed by atoms with van der Waals surface area (Å²) in [5, 5.41) is 9.09. The van der Waals surface area contributed by atoms with Crippen LogP contribution in [0.3, 0.4) is 0 Å². The number of unbranched alkanes of at least 4 members (excludes halogenated alkanes) is 2. The highest BCUT2D eigenvalue weighted by Gasteiger charge is 2.11. The van der Waals surface area contributed by atoms with Gasteiger partial charge < -0.3 is 10.0 Å². The summed E-state index contributed by atoms with van der Waals surface area (Å²) in [5.41, 5.74) is 2.37. The molecular formula is C14H21NO2. The lowest BCUT2D eigenvalue weighted by atomic mass is 10.0. The Labute approximate surface area is 103 Å². The van der Waals surface area contributed by atoms with Crippen LogP contribution in [0.4, 0.5) is 5.69 Å². The number of benzene rings is 1. The van der Waals surface area contributed by atoms with Gasteiger partial charge in [-0.3, -0.25) is 0 Å². The standard InChI is InChI=1S/C14H21NO2/c1-4-5-6-7-11-8-9-12(14(16)17)13(10-11)15(2)3/h8-10H,4-7H2,1-3H3,(H,16,17). The van der Waals surface area contributed by atoms with E-state index in [1.54, 1.807) is 6.07 Å². The molecule has 0 spiro atoms. The van der Waals surface area contributed by atoms with Gasteiger partial charge in [0.15, 0.2) is 0 Å². The maximum absolute atomic E-state index is 11.1. The molecular weight excluding hydrogens is 214 g/mol. The Balaban J connectivity index is 2.90. The predicted molar refractivity (Wildman–Crippen MR) is 71.0 cm³/mol. The molecule has 0 heterocycles. The van der Waals surface area contributed by atoms with Crippen LogP contribution in [0.5, 0.6) is 0 Å². The maximum atomic E-state index is 11.1. The van der Waals surface area contributed by atoms with Crippen LogP contribution in [-0.4, -0.2) is 25.2 Å². The molecule has 0 saturated heterocycles. The second kappa shape index (κ2) is 6.28. The summed E-state index contributed by atoms with van der Waals surface area (Å²) in [5.74, 6) is -0.867. The molecule has 1 rings (SSSR count). The summed E-state index contributed by atoms with van der Waals surface area (Å²) in [6, 6.07) is 5.62. The fourth-order valence-corrected chi connectivity index (χ4v) is 1.86. The molecule has 1 N–H and O–H groups in total. The van der Waals surface area contributed by atoms with Crippen molar-refractivity contribution in [1.82, 2.24) is 0 Å². The minimum Gasteiger partial charge on any atom is -0.478 e. The van der Waals surface area contributed by atoms with Gasteiger partial charge in [0.1, 0.15) is 0 Å². The van der Waals surface area contributed by atoms with E-state index in [-0.39, 0.29) is 0 Å². The summed E-state index contributed by atoms with van der Waals surface area (Å²) in [4.78, 5) is 12.9. The number of carbonyl (C=O) groups is 1. The second-order valence-corrected chi connectivity index (χ2v) is 4.51. The number of aryl methyl sites for hydroxylation is 1. The number of hydrogen-bond acceptors (Lipinski definition) is 2. The van der Waals surface area contributed by atoms with Crippen LogP contribution in [0.2, 0.25) is 0 Å². The first-order valence-corrected chi connectivity index (χ1v) is 6.09. The van der Waals surface area contributed by atoms with E-state index in [1.165, 1.54) is 18.4 Å². The van der Waals surface area contributed by atoms with Crippen LogP contribution < -0.4 is 4.90 Å². The van der Waals surface area contributed by atoms with Gasteiger partial charge in [0.25, 0.3) is 0 Å². The van der Waals surface area contributed by atoms with E-state index in [1.807, 2.05) is 31.1 Å². The highest BCUT2D eigenvalue weighted by molar-refractivity contribution is 5.94. The summed E-state index contributed by atoms with van der Waals surface area (Å²) in [6.45, 7) is 2.18. The molecule has 0 aromatic heterocycles. The Hall–Kier alpha value is -1.51. The highest BCUT2D eigenvalue weighted by atomic mass is 16.4. The zero-order chi connectivity index (χ0) is 12.8. The Morgan fingerprint density at radius 3 is 2.53 bits per heavy atom. The third-order valence-corrected chi connectivity index (χ3v) is 2.84. The summed E-state index contributed by atoms with van der Waals surface area (Å²) in [7, 11) is 3.75. The van der Waals surface area contributed by atoms with Crippen LogP contribution in [-0.2, 0) is 6.42 Å². The van der Waals surface area contributed by atoms with Gasteiger partial charge >= 0.3 is 5.97 Å². The van der Waals surface area contributed by atoms with Crippen LogP contribution in [0.1, 0.15) is 42.1 Å². The molecule has 1 aromatic carbocycles. The number of anilines is 1. The SMILES string of the molecule is CCCCCc1ccc(C(=O)O)c(N(C)C)c1. The first-order valence-electron chi connectivity index (χ1n) is 6.09. The molecule has 3 nitrogen and oxygen atoms in total. The molecule has 3 heteroatoms. The van der Waals surface area contributed by atoms with Gasteiger partial charge in [0.2, 0.25) is 0 Å². The summed E-state index contributed by atoms with van der Waals surface area (Å²) >= 11 is 0. The number of rotatable bonds is 6. The third-order valence-electron chi connectivity index (χ3n) is 2.84. The van der Waals surface area contributed by atoms with Crippen molar-refractivity contribution < 1.29 is 9.90 Å².